The van der Waals surface area contributed by atoms with Gasteiger partial charge in [0.15, 0.2) is 27.3 Å². The Kier molecular flexibility index (Phi) is 18.8. The Morgan fingerprint density at radius 3 is 0.979 bits per heavy atom. The van der Waals surface area contributed by atoms with Crippen molar-refractivity contribution < 1.29 is 8.83 Å². The lowest BCUT2D eigenvalue weighted by atomic mass is 9.97. The first-order valence-corrected chi connectivity index (χ1v) is 52.7. The molecule has 0 aliphatic carbocycles. The molecule has 0 unspecified atom stereocenters. The molecule has 30 aromatic rings. The summed E-state index contributed by atoms with van der Waals surface area (Å²) in [6.45, 7) is 0. The van der Waals surface area contributed by atoms with E-state index < -0.39 is 16.1 Å². The Balaban J connectivity index is 0.0000000924. The van der Waals surface area contributed by atoms with Crippen LogP contribution < -0.4 is 41.5 Å². The van der Waals surface area contributed by atoms with Gasteiger partial charge < -0.3 is 22.5 Å². The summed E-state index contributed by atoms with van der Waals surface area (Å²) in [4.78, 5) is 32.6. The lowest BCUT2D eigenvalue weighted by Crippen LogP contribution is -2.73. The van der Waals surface area contributed by atoms with E-state index >= 15 is 0 Å². The van der Waals surface area contributed by atoms with E-state index in [0.29, 0.717) is 0 Å². The molecule has 0 saturated heterocycles. The van der Waals surface area contributed by atoms with Crippen LogP contribution in [-0.4, -0.2) is 69.3 Å². The second kappa shape index (κ2) is 32.9. The highest BCUT2D eigenvalue weighted by molar-refractivity contribution is 7.24. The highest BCUT2D eigenvalue weighted by atomic mass is 28.3. The summed E-state index contributed by atoms with van der Waals surface area (Å²) in [5.74, 6) is 0.888. The van der Waals surface area contributed by atoms with E-state index in [1.54, 1.807) is 0 Å². The zero-order valence-corrected chi connectivity index (χ0v) is 79.5. The van der Waals surface area contributed by atoms with Crippen molar-refractivity contribution in [2.75, 3.05) is 0 Å². The van der Waals surface area contributed by atoms with Gasteiger partial charge in [-0.15, -0.1) is 0 Å². The number of para-hydroxylation sites is 7. The normalized spacial score (nSPS) is 12.8. The van der Waals surface area contributed by atoms with Crippen molar-refractivity contribution >= 4 is 232 Å². The average Bonchev–Trinajstić information content (AvgIpc) is 1.50. The minimum absolute atomic E-state index is 0.819. The number of furan rings is 2. The number of nitrogens with zero attached hydrogens (tertiary/aromatic N) is 11. The van der Waals surface area contributed by atoms with Gasteiger partial charge in [0.1, 0.15) is 28.0 Å². The number of pyridine rings is 7. The third-order valence-electron chi connectivity index (χ3n) is 29.9. The molecule has 0 amide bonds. The molecule has 144 heavy (non-hydrogen) atoms. The molecule has 2 aliphatic heterocycles. The van der Waals surface area contributed by atoms with Gasteiger partial charge >= 0.3 is 0 Å². The zero-order valence-electron chi connectivity index (χ0n) is 77.5. The van der Waals surface area contributed by atoms with Crippen molar-refractivity contribution in [2.45, 2.75) is 0 Å². The molecule has 0 bridgehead atoms. The van der Waals surface area contributed by atoms with Gasteiger partial charge in [-0.25, -0.2) is 4.98 Å². The van der Waals surface area contributed by atoms with Crippen LogP contribution in [0.2, 0.25) is 0 Å². The van der Waals surface area contributed by atoms with E-state index in [9.17, 15) is 0 Å². The van der Waals surface area contributed by atoms with Gasteiger partial charge in [0.25, 0.3) is 0 Å². The fourth-order valence-corrected chi connectivity index (χ4v) is 35.3. The van der Waals surface area contributed by atoms with Crippen molar-refractivity contribution in [1.29, 1.82) is 0 Å². The van der Waals surface area contributed by atoms with Gasteiger partial charge in [-0.2, -0.15) is 0 Å². The lowest BCUT2D eigenvalue weighted by Gasteiger charge is -2.32. The highest BCUT2D eigenvalue weighted by Crippen LogP contribution is 2.51. The molecular formula is C129H81N11O2Si2. The Labute approximate surface area is 826 Å². The summed E-state index contributed by atoms with van der Waals surface area (Å²) in [6.07, 6.45) is 21.2. The average molecular weight is 1870 g/mol. The van der Waals surface area contributed by atoms with Gasteiger partial charge in [-0.1, -0.05) is 315 Å². The third-order valence-corrected chi connectivity index (χ3v) is 39.8. The SMILES string of the molecule is c1ccc(-n2c3ccccc3c3c4cccnc4c4oc5ccccc5c4c32)cc1.c1ccc(-n2c3ccccc3c3c4cccnc4c4oc5ccccc5c4c32)nc1.c1ccc([Si]2(c3ccccc3)c3ccccc3-c3c2c2cnccc2c2c4ccccc4n(-c4cccnc4)c32)cc1.c1ccc([Si]2(c3ccccc3)c3ccccc3-c3c2c2cnccc2c2c4ccccc4n(-c4ccncc4)c32)cc1. The molecule has 15 heterocycles. The van der Waals surface area contributed by atoms with Crippen molar-refractivity contribution in [1.82, 2.24) is 53.2 Å². The predicted octanol–water partition coefficient (Wildman–Crippen LogP) is 26.0. The molecule has 672 valence electrons. The molecule has 2 aliphatic rings. The van der Waals surface area contributed by atoms with Gasteiger partial charge in [-0.3, -0.25) is 34.5 Å². The Morgan fingerprint density at radius 2 is 0.535 bits per heavy atom. The molecule has 0 radical (unpaired) electrons. The van der Waals surface area contributed by atoms with Crippen LogP contribution in [0.4, 0.5) is 0 Å². The molecule has 0 atom stereocenters. The van der Waals surface area contributed by atoms with Crippen molar-refractivity contribution in [3.63, 3.8) is 0 Å². The molecule has 32 rings (SSSR count). The largest absolute Gasteiger partial charge is 0.454 e. The highest BCUT2D eigenvalue weighted by Gasteiger charge is 2.53. The van der Waals surface area contributed by atoms with Gasteiger partial charge in [0, 0.05) is 160 Å². The summed E-state index contributed by atoms with van der Waals surface area (Å²) in [6, 6.07) is 152. The second-order valence-corrected chi connectivity index (χ2v) is 44.4. The molecule has 15 heteroatoms. The van der Waals surface area contributed by atoms with E-state index in [4.69, 9.17) is 28.8 Å². The maximum Gasteiger partial charge on any atom is 0.181 e. The number of hydrogen-bond donors (Lipinski definition) is 0. The summed E-state index contributed by atoms with van der Waals surface area (Å²) in [7, 11) is -5.50. The first-order valence-electron chi connectivity index (χ1n) is 48.7. The van der Waals surface area contributed by atoms with Gasteiger partial charge in [0.2, 0.25) is 0 Å². The van der Waals surface area contributed by atoms with Gasteiger partial charge in [0.05, 0.1) is 66.8 Å². The first kappa shape index (κ1) is 82.2. The van der Waals surface area contributed by atoms with E-state index in [1.165, 1.54) is 161 Å². The Morgan fingerprint density at radius 1 is 0.201 bits per heavy atom. The molecular weight excluding hydrogens is 1790 g/mol. The molecule has 13 nitrogen and oxygen atoms in total. The van der Waals surface area contributed by atoms with Gasteiger partial charge in [-0.05, 0) is 173 Å². The topological polar surface area (TPSA) is 136 Å². The number of hydrogen-bond acceptors (Lipinski definition) is 9. The predicted molar refractivity (Wildman–Crippen MR) is 597 cm³/mol. The van der Waals surface area contributed by atoms with Crippen molar-refractivity contribution in [3.8, 4) is 45.1 Å². The van der Waals surface area contributed by atoms with E-state index in [0.717, 1.165) is 99.6 Å². The lowest BCUT2D eigenvalue weighted by molar-refractivity contribution is 0.671. The maximum absolute atomic E-state index is 6.38. The third kappa shape index (κ3) is 11.9. The fraction of sp³-hybridized carbons (Fsp3) is 0. The molecule has 0 spiro atoms. The molecule has 0 fully saturated rings. The Hall–Kier alpha value is -18.9. The monoisotopic (exact) mass is 1870 g/mol. The first-order chi connectivity index (χ1) is 71.6. The molecule has 0 saturated carbocycles. The summed E-state index contributed by atoms with van der Waals surface area (Å²) >= 11 is 0. The quantitative estimate of drug-likeness (QED) is 0.136. The van der Waals surface area contributed by atoms with E-state index in [2.05, 4.69) is 410 Å². The second-order valence-electron chi connectivity index (χ2n) is 37.0. The van der Waals surface area contributed by atoms with Crippen LogP contribution in [0.25, 0.3) is 220 Å². The van der Waals surface area contributed by atoms with Crippen LogP contribution >= 0.6 is 0 Å². The Bertz CT molecular complexity index is 9760. The van der Waals surface area contributed by atoms with Crippen LogP contribution in [0.5, 0.6) is 0 Å². The standard InChI is InChI=1S/2C38H25N3Si.C27H16N2O.C26H15N3O/c1-3-13-27(14-4-1)42(28-15-5-2-6-16-28)34-20-10-8-18-31(34)36-37-35(29-21-23-40-25-32(29)38(36)42)30-17-7-9-19-33(30)41(37)26-12-11-22-39-24-26;1-3-11-27(12-4-1)42(28-13-5-2-6-14-28)34-18-10-8-16-31(34)36-37-35(29-21-24-40-25-32(29)38(36)42)30-15-7-9-17-33(30)41(37)26-19-22-39-23-20-26;1-2-9-17(10-3-1)29-21-14-6-4-11-18(21)23-20-13-8-16-28-25(20)27-24(26(23)29)19-12-5-7-15-22(19)30-27;1-3-11-19-16(8-1)22-18-10-7-15-28-24(18)26-23(17-9-2-4-12-20(17)30-26)25(22)29(19)21-13-5-6-14-27-21/h2*1-25H;1-16H;1-15H. The van der Waals surface area contributed by atoms with Crippen LogP contribution in [0, 0.1) is 0 Å². The molecule has 0 N–H and O–H groups in total. The van der Waals surface area contributed by atoms with E-state index in [1.807, 2.05) is 116 Å². The molecule has 13 aromatic heterocycles. The molecule has 17 aromatic carbocycles. The minimum Gasteiger partial charge on any atom is -0.454 e. The zero-order chi connectivity index (χ0) is 94.7. The fourth-order valence-electron chi connectivity index (χ4n) is 24.6. The number of aromatic nitrogens is 11. The minimum atomic E-state index is -2.75. The maximum atomic E-state index is 6.38. The van der Waals surface area contributed by atoms with Crippen LogP contribution in [0.1, 0.15) is 0 Å². The number of rotatable bonds is 8. The number of benzene rings is 17. The van der Waals surface area contributed by atoms with E-state index in [-0.39, 0.29) is 0 Å². The summed E-state index contributed by atoms with van der Waals surface area (Å²) in [5.41, 5.74) is 23.3. The van der Waals surface area contributed by atoms with Crippen molar-refractivity contribution in [2.24, 2.45) is 0 Å². The van der Waals surface area contributed by atoms with Crippen LogP contribution in [0.15, 0.2) is 502 Å². The van der Waals surface area contributed by atoms with Crippen LogP contribution in [0.3, 0.4) is 0 Å². The van der Waals surface area contributed by atoms with Crippen molar-refractivity contribution in [3.05, 3.63) is 493 Å². The summed E-state index contributed by atoms with van der Waals surface area (Å²) in [5, 5.41) is 32.7. The van der Waals surface area contributed by atoms with Crippen LogP contribution in [-0.2, 0) is 0 Å². The number of fused-ring (bicyclic) bond motifs is 40. The smallest absolute Gasteiger partial charge is 0.181 e. The summed E-state index contributed by atoms with van der Waals surface area (Å²) < 4.78 is 22.3.